The molecule has 17 heavy (non-hydrogen) atoms. The van der Waals surface area contributed by atoms with Gasteiger partial charge in [0.15, 0.2) is 6.73 Å². The van der Waals surface area contributed by atoms with Gasteiger partial charge in [-0.15, -0.1) is 0 Å². The van der Waals surface area contributed by atoms with Crippen molar-refractivity contribution in [1.29, 1.82) is 0 Å². The van der Waals surface area contributed by atoms with Crippen LogP contribution in [0.2, 0.25) is 0 Å². The molecule has 0 radical (unpaired) electrons. The summed E-state index contributed by atoms with van der Waals surface area (Å²) in [6, 6.07) is -0.910. The summed E-state index contributed by atoms with van der Waals surface area (Å²) in [5, 5.41) is 2.08. The zero-order chi connectivity index (χ0) is 13.0. The Morgan fingerprint density at radius 2 is 2.29 bits per heavy atom. The van der Waals surface area contributed by atoms with Gasteiger partial charge in [-0.3, -0.25) is 19.7 Å². The summed E-state index contributed by atoms with van der Waals surface area (Å²) < 4.78 is 11.9. The Balaban J connectivity index is 2.83. The Labute approximate surface area is 97.3 Å². The van der Waals surface area contributed by atoms with Crippen molar-refractivity contribution in [2.45, 2.75) is 25.8 Å². The summed E-state index contributed by atoms with van der Waals surface area (Å²) in [7, 11) is 0. The number of carbonyl (C=O) groups is 3. The maximum Gasteiger partial charge on any atom is 0.251 e. The van der Waals surface area contributed by atoms with Crippen LogP contribution >= 0.6 is 0 Å². The summed E-state index contributed by atoms with van der Waals surface area (Å²) in [4.78, 5) is 38.4. The SMILES string of the molecule is C=C(C)C(=O)N(COF)C1CCC(=O)NC1=O. The smallest absolute Gasteiger partial charge is 0.251 e. The molecule has 3 amide bonds. The first-order chi connectivity index (χ1) is 7.97. The monoisotopic (exact) mass is 244 g/mol. The predicted molar refractivity (Wildman–Crippen MR) is 54.9 cm³/mol. The van der Waals surface area contributed by atoms with Crippen LogP contribution in [0.3, 0.4) is 0 Å². The van der Waals surface area contributed by atoms with Crippen LogP contribution in [0.15, 0.2) is 12.2 Å². The molecule has 1 N–H and O–H groups in total. The molecule has 0 saturated carbocycles. The molecule has 1 heterocycles. The van der Waals surface area contributed by atoms with Crippen molar-refractivity contribution in [3.05, 3.63) is 12.2 Å². The Morgan fingerprint density at radius 3 is 2.76 bits per heavy atom. The number of nitrogens with one attached hydrogen (secondary N) is 1. The van der Waals surface area contributed by atoms with Crippen molar-refractivity contribution in [1.82, 2.24) is 10.2 Å². The van der Waals surface area contributed by atoms with Gasteiger partial charge in [0.1, 0.15) is 6.04 Å². The quantitative estimate of drug-likeness (QED) is 0.431. The number of hydrogen-bond donors (Lipinski definition) is 1. The van der Waals surface area contributed by atoms with Gasteiger partial charge >= 0.3 is 0 Å². The van der Waals surface area contributed by atoms with E-state index in [1.54, 1.807) is 0 Å². The third kappa shape index (κ3) is 3.10. The highest BCUT2D eigenvalue weighted by atomic mass is 19.3. The van der Waals surface area contributed by atoms with Gasteiger partial charge in [0.2, 0.25) is 11.8 Å². The average Bonchev–Trinajstić information content (AvgIpc) is 2.26. The van der Waals surface area contributed by atoms with Crippen molar-refractivity contribution in [2.24, 2.45) is 0 Å². The van der Waals surface area contributed by atoms with Gasteiger partial charge in [0.25, 0.3) is 5.91 Å². The van der Waals surface area contributed by atoms with Gasteiger partial charge in [0, 0.05) is 12.0 Å². The normalized spacial score (nSPS) is 19.8. The van der Waals surface area contributed by atoms with E-state index in [4.69, 9.17) is 0 Å². The van der Waals surface area contributed by atoms with E-state index < -0.39 is 30.5 Å². The number of hydrogen-bond acceptors (Lipinski definition) is 4. The van der Waals surface area contributed by atoms with E-state index in [9.17, 15) is 18.9 Å². The number of rotatable bonds is 4. The van der Waals surface area contributed by atoms with Crippen molar-refractivity contribution in [2.75, 3.05) is 6.73 Å². The van der Waals surface area contributed by atoms with E-state index in [1.807, 2.05) is 0 Å². The molecule has 94 valence electrons. The van der Waals surface area contributed by atoms with Crippen molar-refractivity contribution in [3.63, 3.8) is 0 Å². The predicted octanol–water partition coefficient (Wildman–Crippen LogP) is 0.0549. The van der Waals surface area contributed by atoms with Crippen LogP contribution in [0.5, 0.6) is 0 Å². The molecular formula is C10H13FN2O4. The fourth-order valence-corrected chi connectivity index (χ4v) is 1.57. The highest BCUT2D eigenvalue weighted by molar-refractivity contribution is 6.03. The van der Waals surface area contributed by atoms with Crippen molar-refractivity contribution in [3.8, 4) is 0 Å². The van der Waals surface area contributed by atoms with Gasteiger partial charge in [-0.25, -0.2) is 0 Å². The molecule has 0 aromatic heterocycles. The van der Waals surface area contributed by atoms with Crippen LogP contribution in [0.25, 0.3) is 0 Å². The number of amides is 3. The third-order valence-corrected chi connectivity index (χ3v) is 2.40. The second kappa shape index (κ2) is 5.53. The number of piperidine rings is 1. The first-order valence-electron chi connectivity index (χ1n) is 5.01. The lowest BCUT2D eigenvalue weighted by Crippen LogP contribution is -2.54. The molecule has 0 spiro atoms. The first kappa shape index (κ1) is 13.3. The molecule has 1 unspecified atom stereocenters. The van der Waals surface area contributed by atoms with E-state index in [1.165, 1.54) is 6.92 Å². The summed E-state index contributed by atoms with van der Waals surface area (Å²) in [6.45, 7) is 4.20. The molecule has 1 saturated heterocycles. The van der Waals surface area contributed by atoms with E-state index in [-0.39, 0.29) is 18.4 Å². The molecule has 6 nitrogen and oxygen atoms in total. The van der Waals surface area contributed by atoms with Gasteiger partial charge in [0.05, 0.1) is 0 Å². The van der Waals surface area contributed by atoms with E-state index in [2.05, 4.69) is 16.8 Å². The molecule has 1 aliphatic heterocycles. The van der Waals surface area contributed by atoms with Gasteiger partial charge in [-0.2, -0.15) is 4.94 Å². The lowest BCUT2D eigenvalue weighted by atomic mass is 10.0. The molecule has 1 aliphatic rings. The van der Waals surface area contributed by atoms with Gasteiger partial charge in [-0.05, 0) is 17.9 Å². The van der Waals surface area contributed by atoms with Crippen LogP contribution < -0.4 is 5.32 Å². The average molecular weight is 244 g/mol. The fraction of sp³-hybridized carbons (Fsp3) is 0.500. The standard InChI is InChI=1S/C10H13FN2O4/c1-6(2)10(16)13(5-17-11)7-3-4-8(14)12-9(7)15/h7H,1,3-5H2,2H3,(H,12,14,15). The van der Waals surface area contributed by atoms with Crippen LogP contribution in [-0.4, -0.2) is 35.4 Å². The van der Waals surface area contributed by atoms with E-state index >= 15 is 0 Å². The number of imide groups is 1. The molecule has 1 rings (SSSR count). The highest BCUT2D eigenvalue weighted by Crippen LogP contribution is 2.14. The molecule has 1 atom stereocenters. The molecule has 7 heteroatoms. The summed E-state index contributed by atoms with van der Waals surface area (Å²) >= 11 is 0. The maximum atomic E-state index is 11.9. The molecule has 0 aromatic rings. The minimum absolute atomic E-state index is 0.0999. The summed E-state index contributed by atoms with van der Waals surface area (Å²) in [5.74, 6) is -1.62. The number of carbonyl (C=O) groups excluding carboxylic acids is 3. The second-order valence-electron chi connectivity index (χ2n) is 3.76. The molecule has 1 fully saturated rings. The Kier molecular flexibility index (Phi) is 4.33. The lowest BCUT2D eigenvalue weighted by Gasteiger charge is -2.31. The van der Waals surface area contributed by atoms with Crippen molar-refractivity contribution < 1.29 is 23.9 Å². The molecular weight excluding hydrogens is 231 g/mol. The topological polar surface area (TPSA) is 75.7 Å². The van der Waals surface area contributed by atoms with Crippen molar-refractivity contribution >= 4 is 17.7 Å². The molecule has 0 aliphatic carbocycles. The minimum Gasteiger partial charge on any atom is -0.300 e. The maximum absolute atomic E-state index is 11.9. The molecule has 0 aromatic carbocycles. The van der Waals surface area contributed by atoms with E-state index in [0.29, 0.717) is 0 Å². The summed E-state index contributed by atoms with van der Waals surface area (Å²) in [6.07, 6.45) is 0.246. The van der Waals surface area contributed by atoms with Crippen LogP contribution in [0, 0.1) is 0 Å². The zero-order valence-electron chi connectivity index (χ0n) is 9.36. The highest BCUT2D eigenvalue weighted by Gasteiger charge is 2.34. The van der Waals surface area contributed by atoms with Crippen LogP contribution in [0.4, 0.5) is 4.53 Å². The molecule has 0 bridgehead atoms. The Bertz CT molecular complexity index is 369. The van der Waals surface area contributed by atoms with Gasteiger partial charge < -0.3 is 4.90 Å². The first-order valence-corrected chi connectivity index (χ1v) is 5.01. The fourth-order valence-electron chi connectivity index (χ4n) is 1.57. The zero-order valence-corrected chi connectivity index (χ0v) is 9.36. The summed E-state index contributed by atoms with van der Waals surface area (Å²) in [5.41, 5.74) is 0.159. The van der Waals surface area contributed by atoms with Crippen LogP contribution in [-0.2, 0) is 19.3 Å². The largest absolute Gasteiger partial charge is 0.300 e. The van der Waals surface area contributed by atoms with E-state index in [0.717, 1.165) is 4.90 Å². The number of nitrogens with zero attached hydrogens (tertiary/aromatic N) is 1. The second-order valence-corrected chi connectivity index (χ2v) is 3.76. The Morgan fingerprint density at radius 1 is 1.65 bits per heavy atom. The lowest BCUT2D eigenvalue weighted by molar-refractivity contribution is -0.187. The Hall–Kier alpha value is -1.76. The number of halogens is 1. The van der Waals surface area contributed by atoms with Crippen LogP contribution in [0.1, 0.15) is 19.8 Å². The third-order valence-electron chi connectivity index (χ3n) is 2.40. The minimum atomic E-state index is -0.910. The van der Waals surface area contributed by atoms with Gasteiger partial charge in [-0.1, -0.05) is 6.58 Å².